The molecule has 0 radical (unpaired) electrons. The van der Waals surface area contributed by atoms with E-state index in [1.807, 2.05) is 0 Å². The summed E-state index contributed by atoms with van der Waals surface area (Å²) in [6.45, 7) is -0.502. The Hall–Kier alpha value is -2.60. The third-order valence-corrected chi connectivity index (χ3v) is 5.58. The standard InChI is InChI=1S/C21H19ClO6/c22-12-9-11(7-8-15(12)27-10-18(25)26)19-20-13(23)3-1-5-16(20)28-17-6-2-4-14(24)21(17)19/h7-9,19H,1-6,10H2,(H,25,26). The van der Waals surface area contributed by atoms with Crippen LogP contribution in [0.4, 0.5) is 0 Å². The van der Waals surface area contributed by atoms with E-state index in [0.29, 0.717) is 53.9 Å². The minimum absolute atomic E-state index is 0.00139. The number of rotatable bonds is 4. The van der Waals surface area contributed by atoms with Crippen molar-refractivity contribution >= 4 is 29.1 Å². The number of halogens is 1. The number of Topliss-reactive ketones (excluding diaryl/α,β-unsaturated/α-hetero) is 2. The fourth-order valence-electron chi connectivity index (χ4n) is 4.10. The second kappa shape index (κ2) is 7.43. The Morgan fingerprint density at radius 1 is 1.07 bits per heavy atom. The molecule has 28 heavy (non-hydrogen) atoms. The summed E-state index contributed by atoms with van der Waals surface area (Å²) in [4.78, 5) is 36.2. The summed E-state index contributed by atoms with van der Waals surface area (Å²) in [5, 5.41) is 9.01. The van der Waals surface area contributed by atoms with E-state index in [1.165, 1.54) is 0 Å². The van der Waals surface area contributed by atoms with E-state index in [4.69, 9.17) is 26.2 Å². The minimum Gasteiger partial charge on any atom is -0.480 e. The summed E-state index contributed by atoms with van der Waals surface area (Å²) < 4.78 is 11.2. The van der Waals surface area contributed by atoms with E-state index >= 15 is 0 Å². The van der Waals surface area contributed by atoms with Crippen LogP contribution in [-0.2, 0) is 19.1 Å². The van der Waals surface area contributed by atoms with Gasteiger partial charge in [0.1, 0.15) is 17.3 Å². The molecule has 1 N–H and O–H groups in total. The van der Waals surface area contributed by atoms with Gasteiger partial charge in [-0.25, -0.2) is 4.79 Å². The van der Waals surface area contributed by atoms with Crippen molar-refractivity contribution in [1.82, 2.24) is 0 Å². The number of carboxylic acid groups (broad SMARTS) is 1. The first-order valence-electron chi connectivity index (χ1n) is 9.30. The highest BCUT2D eigenvalue weighted by atomic mass is 35.5. The van der Waals surface area contributed by atoms with Crippen LogP contribution in [0, 0.1) is 0 Å². The van der Waals surface area contributed by atoms with Gasteiger partial charge in [0, 0.05) is 42.7 Å². The van der Waals surface area contributed by atoms with E-state index in [1.54, 1.807) is 18.2 Å². The number of allylic oxidation sites excluding steroid dienone is 4. The number of aliphatic carboxylic acids is 1. The second-order valence-electron chi connectivity index (χ2n) is 7.13. The molecule has 1 aliphatic heterocycles. The first-order chi connectivity index (χ1) is 13.5. The van der Waals surface area contributed by atoms with Crippen molar-refractivity contribution in [2.24, 2.45) is 0 Å². The molecule has 4 rings (SSSR count). The van der Waals surface area contributed by atoms with Gasteiger partial charge < -0.3 is 14.6 Å². The molecule has 1 heterocycles. The molecule has 0 bridgehead atoms. The molecule has 7 heteroatoms. The zero-order valence-electron chi connectivity index (χ0n) is 15.1. The van der Waals surface area contributed by atoms with Gasteiger partial charge in [0.05, 0.1) is 5.02 Å². The van der Waals surface area contributed by atoms with Crippen molar-refractivity contribution in [1.29, 1.82) is 0 Å². The number of ether oxygens (including phenoxy) is 2. The van der Waals surface area contributed by atoms with Crippen molar-refractivity contribution < 1.29 is 29.0 Å². The highest BCUT2D eigenvalue weighted by Crippen LogP contribution is 2.48. The van der Waals surface area contributed by atoms with Gasteiger partial charge in [-0.1, -0.05) is 17.7 Å². The number of carbonyl (C=O) groups is 3. The van der Waals surface area contributed by atoms with Crippen molar-refractivity contribution in [3.63, 3.8) is 0 Å². The molecule has 2 aliphatic carbocycles. The predicted molar refractivity (Wildman–Crippen MR) is 100 cm³/mol. The molecular weight excluding hydrogens is 384 g/mol. The number of benzene rings is 1. The average molecular weight is 403 g/mol. The molecule has 3 aliphatic rings. The second-order valence-corrected chi connectivity index (χ2v) is 7.54. The van der Waals surface area contributed by atoms with E-state index in [2.05, 4.69) is 0 Å². The van der Waals surface area contributed by atoms with Gasteiger partial charge in [0.2, 0.25) is 0 Å². The molecule has 1 aromatic rings. The van der Waals surface area contributed by atoms with Gasteiger partial charge in [-0.3, -0.25) is 9.59 Å². The highest BCUT2D eigenvalue weighted by Gasteiger charge is 2.41. The molecule has 0 atom stereocenters. The summed E-state index contributed by atoms with van der Waals surface area (Å²) in [5.41, 5.74) is 1.81. The molecule has 0 amide bonds. The largest absolute Gasteiger partial charge is 0.480 e. The van der Waals surface area contributed by atoms with Crippen LogP contribution < -0.4 is 4.74 Å². The normalized spacial score (nSPS) is 19.9. The zero-order valence-corrected chi connectivity index (χ0v) is 15.9. The van der Waals surface area contributed by atoms with Crippen LogP contribution in [0.3, 0.4) is 0 Å². The lowest BCUT2D eigenvalue weighted by Gasteiger charge is -2.36. The van der Waals surface area contributed by atoms with Crippen molar-refractivity contribution in [3.05, 3.63) is 51.4 Å². The van der Waals surface area contributed by atoms with Crippen LogP contribution in [-0.4, -0.2) is 29.2 Å². The number of carbonyl (C=O) groups excluding carboxylic acids is 2. The fraction of sp³-hybridized carbons (Fsp3) is 0.381. The predicted octanol–water partition coefficient (Wildman–Crippen LogP) is 3.93. The number of carboxylic acids is 1. The third kappa shape index (κ3) is 3.33. The summed E-state index contributed by atoms with van der Waals surface area (Å²) in [6.07, 6.45) is 3.70. The van der Waals surface area contributed by atoms with Crippen molar-refractivity contribution in [2.45, 2.75) is 44.4 Å². The van der Waals surface area contributed by atoms with Gasteiger partial charge in [0.25, 0.3) is 0 Å². The molecule has 0 fully saturated rings. The van der Waals surface area contributed by atoms with Crippen LogP contribution >= 0.6 is 11.6 Å². The Morgan fingerprint density at radius 2 is 1.68 bits per heavy atom. The van der Waals surface area contributed by atoms with Crippen molar-refractivity contribution in [2.75, 3.05) is 6.61 Å². The van der Waals surface area contributed by atoms with Crippen LogP contribution in [0.15, 0.2) is 40.9 Å². The third-order valence-electron chi connectivity index (χ3n) is 5.28. The van der Waals surface area contributed by atoms with E-state index in [9.17, 15) is 14.4 Å². The van der Waals surface area contributed by atoms with E-state index in [-0.39, 0.29) is 22.3 Å². The number of hydrogen-bond donors (Lipinski definition) is 1. The molecule has 0 spiro atoms. The molecule has 0 saturated carbocycles. The molecule has 0 aromatic heterocycles. The van der Waals surface area contributed by atoms with Gasteiger partial charge in [-0.15, -0.1) is 0 Å². The van der Waals surface area contributed by atoms with Crippen LogP contribution in [0.25, 0.3) is 0 Å². The topological polar surface area (TPSA) is 89.9 Å². The van der Waals surface area contributed by atoms with Crippen LogP contribution in [0.1, 0.15) is 50.0 Å². The highest BCUT2D eigenvalue weighted by molar-refractivity contribution is 6.32. The van der Waals surface area contributed by atoms with Gasteiger partial charge in [-0.05, 0) is 30.5 Å². The summed E-state index contributed by atoms with van der Waals surface area (Å²) in [7, 11) is 0. The fourth-order valence-corrected chi connectivity index (χ4v) is 4.35. The lowest BCUT2D eigenvalue weighted by atomic mass is 9.73. The maximum Gasteiger partial charge on any atom is 0.341 e. The Morgan fingerprint density at radius 3 is 2.21 bits per heavy atom. The monoisotopic (exact) mass is 402 g/mol. The average Bonchev–Trinajstić information content (AvgIpc) is 2.66. The van der Waals surface area contributed by atoms with Gasteiger partial charge >= 0.3 is 5.97 Å². The van der Waals surface area contributed by atoms with Crippen LogP contribution in [0.5, 0.6) is 5.75 Å². The molecule has 0 saturated heterocycles. The first-order valence-corrected chi connectivity index (χ1v) is 9.68. The number of hydrogen-bond acceptors (Lipinski definition) is 5. The summed E-state index contributed by atoms with van der Waals surface area (Å²) >= 11 is 6.30. The Bertz CT molecular complexity index is 900. The quantitative estimate of drug-likeness (QED) is 0.820. The van der Waals surface area contributed by atoms with E-state index in [0.717, 1.165) is 12.8 Å². The molecule has 6 nitrogen and oxygen atoms in total. The maximum atomic E-state index is 12.7. The molecule has 1 aromatic carbocycles. The van der Waals surface area contributed by atoms with Crippen molar-refractivity contribution in [3.8, 4) is 5.75 Å². The molecule has 146 valence electrons. The van der Waals surface area contributed by atoms with Gasteiger partial charge in [-0.2, -0.15) is 0 Å². The summed E-state index contributed by atoms with van der Waals surface area (Å²) in [5.74, 6) is -0.0283. The Labute approximate surface area is 166 Å². The zero-order chi connectivity index (χ0) is 19.8. The van der Waals surface area contributed by atoms with Crippen LogP contribution in [0.2, 0.25) is 5.02 Å². The SMILES string of the molecule is O=C(O)COc1ccc(C2C3=C(CCCC3=O)OC3=C2C(=O)CCC3)cc1Cl. The maximum absolute atomic E-state index is 12.7. The Balaban J connectivity index is 1.78. The van der Waals surface area contributed by atoms with Gasteiger partial charge in [0.15, 0.2) is 18.2 Å². The lowest BCUT2D eigenvalue weighted by Crippen LogP contribution is -2.30. The smallest absolute Gasteiger partial charge is 0.341 e. The lowest BCUT2D eigenvalue weighted by molar-refractivity contribution is -0.139. The molecular formula is C21H19ClO6. The number of ketones is 2. The molecule has 0 unspecified atom stereocenters. The summed E-state index contributed by atoms with van der Waals surface area (Å²) in [6, 6.07) is 4.96. The van der Waals surface area contributed by atoms with E-state index < -0.39 is 18.5 Å². The first kappa shape index (κ1) is 18.7. The minimum atomic E-state index is -1.10. The Kier molecular flexibility index (Phi) is 4.98.